The quantitative estimate of drug-likeness (QED) is 0.454. The molecule has 2 N–H and O–H groups in total. The molecule has 1 aromatic carbocycles. The van der Waals surface area contributed by atoms with Crippen molar-refractivity contribution in [3.8, 4) is 17.6 Å². The lowest BCUT2D eigenvalue weighted by molar-refractivity contribution is 0.0988. The van der Waals surface area contributed by atoms with Crippen molar-refractivity contribution in [1.82, 2.24) is 9.88 Å². The Hall–Kier alpha value is -3.29. The molecule has 2 aromatic rings. The monoisotopic (exact) mass is 526 g/mol. The number of rotatable bonds is 6. The summed E-state index contributed by atoms with van der Waals surface area (Å²) in [5.74, 6) is 4.81. The van der Waals surface area contributed by atoms with Gasteiger partial charge in [-0.25, -0.2) is 17.8 Å². The van der Waals surface area contributed by atoms with Crippen LogP contribution in [0.25, 0.3) is 0 Å². The van der Waals surface area contributed by atoms with E-state index in [4.69, 9.17) is 10.5 Å². The number of carbonyl (C=O) groups is 1. The number of sulfone groups is 1. The molecule has 0 bridgehead atoms. The van der Waals surface area contributed by atoms with Crippen molar-refractivity contribution in [2.24, 2.45) is 10.7 Å². The van der Waals surface area contributed by atoms with Crippen LogP contribution in [-0.4, -0.2) is 67.2 Å². The number of nitrogens with two attached hydrogens (primary N) is 1. The average molecular weight is 527 g/mol. The van der Waals surface area contributed by atoms with E-state index in [1.165, 1.54) is 24.4 Å². The maximum atomic E-state index is 15.1. The highest BCUT2D eigenvalue weighted by Crippen LogP contribution is 2.42. The summed E-state index contributed by atoms with van der Waals surface area (Å²) < 4.78 is 46.4. The van der Waals surface area contributed by atoms with Gasteiger partial charge in [0, 0.05) is 12.0 Å². The number of ether oxygens (including phenoxy) is 1. The Morgan fingerprint density at radius 3 is 2.59 bits per heavy atom. The summed E-state index contributed by atoms with van der Waals surface area (Å²) in [6.45, 7) is 4.69. The second kappa shape index (κ2) is 10.2. The average Bonchev–Trinajstić information content (AvgIpc) is 2.85. The molecular formula is C27H31FN4O4S. The highest BCUT2D eigenvalue weighted by Gasteiger charge is 2.55. The third-order valence-electron chi connectivity index (χ3n) is 7.18. The number of nitrogens with zero attached hydrogens (tertiary/aromatic N) is 3. The number of amidine groups is 1. The fourth-order valence-electron chi connectivity index (χ4n) is 4.95. The van der Waals surface area contributed by atoms with Crippen molar-refractivity contribution in [2.75, 3.05) is 32.5 Å². The number of Topliss-reactive ketones (excluding diaryl/α,β-unsaturated/α-hetero) is 1. The van der Waals surface area contributed by atoms with E-state index in [2.05, 4.69) is 26.7 Å². The maximum Gasteiger partial charge on any atom is 0.185 e. The predicted molar refractivity (Wildman–Crippen MR) is 140 cm³/mol. The first kappa shape index (κ1) is 26.8. The van der Waals surface area contributed by atoms with Crippen LogP contribution >= 0.6 is 0 Å². The van der Waals surface area contributed by atoms with E-state index in [9.17, 15) is 13.2 Å². The topological polar surface area (TPSA) is 115 Å². The molecule has 2 aliphatic heterocycles. The number of benzene rings is 1. The van der Waals surface area contributed by atoms with Gasteiger partial charge in [-0.3, -0.25) is 9.79 Å². The summed E-state index contributed by atoms with van der Waals surface area (Å²) in [4.78, 5) is 23.7. The SMILES string of the molecule is CC#CCOc1ccc(C(=O)Cc2ccc(F)c([C@]3(C)CS(=O)(=O)C4(CCN(C)CC4)C(N)=N3)c2)nc1. The number of aromatic nitrogens is 1. The lowest BCUT2D eigenvalue weighted by atomic mass is 9.89. The molecule has 37 heavy (non-hydrogen) atoms. The number of hydrogen-bond donors (Lipinski definition) is 1. The first-order chi connectivity index (χ1) is 17.5. The molecule has 2 aliphatic rings. The standard InChI is InChI=1S/C27H31FN4O4S/c1-4-5-14-36-20-7-9-23(30-17-20)24(33)16-19-6-8-22(28)21(15-19)26(2)18-37(34,35)27(25(29)31-26)10-12-32(3)13-11-27/h6-9,15,17H,10-14,16,18H2,1-3H3,(H2,29,31)/t26-/m0/s1. The van der Waals surface area contributed by atoms with Crippen molar-refractivity contribution in [2.45, 2.75) is 43.4 Å². The number of hydrogen-bond acceptors (Lipinski definition) is 8. The van der Waals surface area contributed by atoms with Gasteiger partial charge in [-0.2, -0.15) is 0 Å². The number of ketones is 1. The van der Waals surface area contributed by atoms with Crippen LogP contribution in [0, 0.1) is 17.7 Å². The Kier molecular flexibility index (Phi) is 7.40. The zero-order valence-corrected chi connectivity index (χ0v) is 22.1. The number of carbonyl (C=O) groups excluding carboxylic acids is 1. The third-order valence-corrected chi connectivity index (χ3v) is 9.93. The molecule has 0 unspecified atom stereocenters. The molecule has 3 heterocycles. The first-order valence-corrected chi connectivity index (χ1v) is 13.7. The molecule has 1 fully saturated rings. The summed E-state index contributed by atoms with van der Waals surface area (Å²) in [7, 11) is -1.80. The molecule has 8 nitrogen and oxygen atoms in total. The lowest BCUT2D eigenvalue weighted by Crippen LogP contribution is -2.62. The van der Waals surface area contributed by atoms with Gasteiger partial charge in [0.1, 0.15) is 40.0 Å². The van der Waals surface area contributed by atoms with Crippen LogP contribution in [0.2, 0.25) is 0 Å². The van der Waals surface area contributed by atoms with Crippen LogP contribution in [0.5, 0.6) is 5.75 Å². The Balaban J connectivity index is 1.58. The minimum Gasteiger partial charge on any atom is -0.479 e. The van der Waals surface area contributed by atoms with Crippen molar-refractivity contribution >= 4 is 21.5 Å². The maximum absolute atomic E-state index is 15.1. The van der Waals surface area contributed by atoms with E-state index in [1.54, 1.807) is 26.0 Å². The number of halogens is 1. The minimum atomic E-state index is -3.73. The fraction of sp³-hybridized carbons (Fsp3) is 0.444. The molecule has 1 aromatic heterocycles. The van der Waals surface area contributed by atoms with Crippen LogP contribution in [0.15, 0.2) is 41.5 Å². The summed E-state index contributed by atoms with van der Waals surface area (Å²) in [5.41, 5.74) is 5.77. The largest absolute Gasteiger partial charge is 0.479 e. The normalized spacial score (nSPS) is 22.5. The highest BCUT2D eigenvalue weighted by atomic mass is 32.2. The minimum absolute atomic E-state index is 0.0339. The second-order valence-corrected chi connectivity index (χ2v) is 12.1. The second-order valence-electron chi connectivity index (χ2n) is 9.84. The van der Waals surface area contributed by atoms with Crippen LogP contribution in [0.3, 0.4) is 0 Å². The van der Waals surface area contributed by atoms with Crippen molar-refractivity contribution in [1.29, 1.82) is 0 Å². The van der Waals surface area contributed by atoms with E-state index in [1.807, 2.05) is 7.05 Å². The Labute approximate surface area is 217 Å². The summed E-state index contributed by atoms with van der Waals surface area (Å²) in [5, 5.41) is 0. The number of pyridine rings is 1. The van der Waals surface area contributed by atoms with Crippen LogP contribution < -0.4 is 10.5 Å². The Morgan fingerprint density at radius 1 is 1.24 bits per heavy atom. The van der Waals surface area contributed by atoms with Crippen molar-refractivity contribution < 1.29 is 22.3 Å². The van der Waals surface area contributed by atoms with Crippen LogP contribution in [0.1, 0.15) is 48.3 Å². The smallest absolute Gasteiger partial charge is 0.185 e. The molecule has 0 saturated carbocycles. The zero-order valence-electron chi connectivity index (χ0n) is 21.3. The van der Waals surface area contributed by atoms with Gasteiger partial charge in [-0.1, -0.05) is 12.0 Å². The van der Waals surface area contributed by atoms with Crippen molar-refractivity contribution in [3.05, 3.63) is 59.2 Å². The molecule has 196 valence electrons. The molecule has 0 amide bonds. The predicted octanol–water partition coefficient (Wildman–Crippen LogP) is 2.51. The zero-order chi connectivity index (χ0) is 26.8. The summed E-state index contributed by atoms with van der Waals surface area (Å²) >= 11 is 0. The number of aliphatic imine (C=N–C) groups is 1. The molecule has 4 rings (SSSR count). The molecule has 1 saturated heterocycles. The van der Waals surface area contributed by atoms with Gasteiger partial charge in [0.2, 0.25) is 0 Å². The summed E-state index contributed by atoms with van der Waals surface area (Å²) in [6.07, 6.45) is 2.12. The van der Waals surface area contributed by atoms with Gasteiger partial charge in [-0.15, -0.1) is 5.92 Å². The van der Waals surface area contributed by atoms with Gasteiger partial charge in [0.05, 0.1) is 11.9 Å². The molecule has 0 aliphatic carbocycles. The first-order valence-electron chi connectivity index (χ1n) is 12.1. The van der Waals surface area contributed by atoms with Gasteiger partial charge in [0.25, 0.3) is 0 Å². The molecule has 1 atom stereocenters. The molecular weight excluding hydrogens is 495 g/mol. The van der Waals surface area contributed by atoms with Gasteiger partial charge in [0.15, 0.2) is 15.6 Å². The Morgan fingerprint density at radius 2 is 1.97 bits per heavy atom. The van der Waals surface area contributed by atoms with E-state index >= 15 is 4.39 Å². The van der Waals surface area contributed by atoms with Gasteiger partial charge >= 0.3 is 0 Å². The van der Waals surface area contributed by atoms with E-state index in [-0.39, 0.29) is 41.7 Å². The Bertz CT molecular complexity index is 1390. The van der Waals surface area contributed by atoms with Crippen molar-refractivity contribution in [3.63, 3.8) is 0 Å². The van der Waals surface area contributed by atoms with Crippen LogP contribution in [0.4, 0.5) is 4.39 Å². The lowest BCUT2D eigenvalue weighted by Gasteiger charge is -2.45. The summed E-state index contributed by atoms with van der Waals surface area (Å²) in [6, 6.07) is 7.44. The molecule has 1 spiro atoms. The number of piperidine rings is 1. The van der Waals surface area contributed by atoms with E-state index in [0.29, 0.717) is 37.2 Å². The van der Waals surface area contributed by atoms with Gasteiger partial charge in [-0.05, 0) is 76.7 Å². The molecule has 0 radical (unpaired) electrons. The number of likely N-dealkylation sites (tertiary alicyclic amines) is 1. The highest BCUT2D eigenvalue weighted by molar-refractivity contribution is 7.93. The molecule has 10 heteroatoms. The third kappa shape index (κ3) is 5.24. The van der Waals surface area contributed by atoms with Gasteiger partial charge < -0.3 is 15.4 Å². The van der Waals surface area contributed by atoms with Crippen LogP contribution in [-0.2, 0) is 21.8 Å². The van der Waals surface area contributed by atoms with E-state index < -0.39 is 25.9 Å². The van der Waals surface area contributed by atoms with E-state index in [0.717, 1.165) is 0 Å². The fourth-order valence-corrected chi connectivity index (χ4v) is 7.35.